The van der Waals surface area contributed by atoms with Crippen LogP contribution in [0.25, 0.3) is 32.8 Å². The second kappa shape index (κ2) is 12.4. The van der Waals surface area contributed by atoms with Gasteiger partial charge in [0.15, 0.2) is 5.82 Å². The number of nitrogens with one attached hydrogen (secondary N) is 1. The van der Waals surface area contributed by atoms with Crippen molar-refractivity contribution in [1.29, 1.82) is 0 Å². The van der Waals surface area contributed by atoms with Gasteiger partial charge in [0.1, 0.15) is 23.8 Å². The van der Waals surface area contributed by atoms with Crippen LogP contribution < -0.4 is 20.7 Å². The van der Waals surface area contributed by atoms with Crippen molar-refractivity contribution in [3.8, 4) is 29.5 Å². The number of nitrogens with zero attached hydrogens (tertiary/aromatic N) is 4. The van der Waals surface area contributed by atoms with Crippen LogP contribution in [0.2, 0.25) is 0 Å². The Balaban J connectivity index is 1.18. The van der Waals surface area contributed by atoms with Gasteiger partial charge in [-0.2, -0.15) is 9.97 Å². The van der Waals surface area contributed by atoms with Gasteiger partial charge in [0.2, 0.25) is 0 Å². The van der Waals surface area contributed by atoms with Gasteiger partial charge in [-0.25, -0.2) is 13.2 Å². The number of hydrogen-bond donors (Lipinski definition) is 2. The maximum Gasteiger partial charge on any atom is 0.319 e. The van der Waals surface area contributed by atoms with E-state index in [2.05, 4.69) is 21.0 Å². The molecule has 0 spiro atoms. The second-order valence-corrected chi connectivity index (χ2v) is 15.2. The molecule has 0 amide bonds. The van der Waals surface area contributed by atoms with Gasteiger partial charge < -0.3 is 25.4 Å². The van der Waals surface area contributed by atoms with Crippen molar-refractivity contribution in [1.82, 2.24) is 20.2 Å². The van der Waals surface area contributed by atoms with Crippen LogP contribution in [-0.4, -0.2) is 78.0 Å². The summed E-state index contributed by atoms with van der Waals surface area (Å²) < 4.78 is 58.1. The van der Waals surface area contributed by atoms with E-state index in [0.717, 1.165) is 70.4 Å². The summed E-state index contributed by atoms with van der Waals surface area (Å²) in [5.41, 5.74) is 7.73. The van der Waals surface area contributed by atoms with E-state index in [1.807, 2.05) is 6.07 Å². The molecule has 5 aliphatic heterocycles. The molecule has 3 atom stereocenters. The van der Waals surface area contributed by atoms with Crippen LogP contribution in [0.4, 0.5) is 24.7 Å². The molecule has 51 heavy (non-hydrogen) atoms. The lowest BCUT2D eigenvalue weighted by Gasteiger charge is -2.47. The molecule has 5 saturated heterocycles. The molecule has 264 valence electrons. The fourth-order valence-electron chi connectivity index (χ4n) is 9.89. The van der Waals surface area contributed by atoms with Crippen molar-refractivity contribution in [3.05, 3.63) is 65.5 Å². The highest BCUT2D eigenvalue weighted by Gasteiger charge is 2.50. The van der Waals surface area contributed by atoms with Gasteiger partial charge in [-0.15, -0.1) is 6.42 Å². The zero-order chi connectivity index (χ0) is 34.9. The average molecular weight is 695 g/mol. The number of fused-ring (bicyclic) bond motifs is 5. The maximum absolute atomic E-state index is 17.2. The van der Waals surface area contributed by atoms with Crippen LogP contribution in [0.15, 0.2) is 48.3 Å². The smallest absolute Gasteiger partial charge is 0.319 e. The Morgan fingerprint density at radius 3 is 2.78 bits per heavy atom. The van der Waals surface area contributed by atoms with Crippen LogP contribution >= 0.6 is 0 Å². The van der Waals surface area contributed by atoms with Crippen molar-refractivity contribution in [2.24, 2.45) is 5.92 Å². The minimum atomic E-state index is -0.596. The van der Waals surface area contributed by atoms with E-state index in [9.17, 15) is 4.39 Å². The molecule has 5 fully saturated rings. The molecule has 11 heteroatoms. The summed E-state index contributed by atoms with van der Waals surface area (Å²) in [6, 6.07) is 10.1. The lowest BCUT2D eigenvalue weighted by Crippen LogP contribution is -2.63. The number of rotatable bonds is 6. The number of piperazine rings is 1. The SMILES string of the molecule is C#Cc1c(F)ccc2cc(N)cc(-c3ccc4c(N5C[C@@H]6CC[C@](C7CCOCC7)(C5)N6)nc(OC[C@@]56CCCN5C/C(=C\F)C6)nc4c3F)c12. The first-order valence-corrected chi connectivity index (χ1v) is 18.1. The van der Waals surface area contributed by atoms with Gasteiger partial charge in [-0.3, -0.25) is 4.90 Å². The number of anilines is 2. The molecule has 3 N–H and O–H groups in total. The lowest BCUT2D eigenvalue weighted by atomic mass is 9.77. The van der Waals surface area contributed by atoms with Crippen molar-refractivity contribution >= 4 is 33.2 Å². The van der Waals surface area contributed by atoms with E-state index in [-0.39, 0.29) is 46.4 Å². The van der Waals surface area contributed by atoms with Gasteiger partial charge in [-0.1, -0.05) is 18.1 Å². The molecule has 0 saturated carbocycles. The molecule has 6 heterocycles. The summed E-state index contributed by atoms with van der Waals surface area (Å²) in [5, 5.41) is 5.55. The summed E-state index contributed by atoms with van der Waals surface area (Å²) in [6.07, 6.45) is 13.0. The number of benzene rings is 3. The molecule has 5 aliphatic rings. The van der Waals surface area contributed by atoms with Crippen LogP contribution in [0.5, 0.6) is 6.01 Å². The highest BCUT2D eigenvalue weighted by atomic mass is 19.1. The van der Waals surface area contributed by atoms with Crippen molar-refractivity contribution in [3.63, 3.8) is 0 Å². The normalized spacial score (nSPS) is 27.5. The van der Waals surface area contributed by atoms with E-state index in [1.54, 1.807) is 24.3 Å². The summed E-state index contributed by atoms with van der Waals surface area (Å²) in [6.45, 7) is 4.65. The fraction of sp³-hybridized carbons (Fsp3) is 0.450. The van der Waals surface area contributed by atoms with E-state index >= 15 is 8.78 Å². The van der Waals surface area contributed by atoms with Crippen LogP contribution in [0, 0.1) is 29.9 Å². The van der Waals surface area contributed by atoms with Gasteiger partial charge in [0, 0.05) is 66.5 Å². The first kappa shape index (κ1) is 32.5. The molecular formula is C40H41F3N6O2. The Morgan fingerprint density at radius 2 is 1.96 bits per heavy atom. The molecule has 2 bridgehead atoms. The Kier molecular flexibility index (Phi) is 7.91. The first-order valence-electron chi connectivity index (χ1n) is 18.1. The summed E-state index contributed by atoms with van der Waals surface area (Å²) >= 11 is 0. The van der Waals surface area contributed by atoms with E-state index < -0.39 is 11.6 Å². The minimum Gasteiger partial charge on any atom is -0.461 e. The predicted octanol–water partition coefficient (Wildman–Crippen LogP) is 6.50. The standard InChI is InChI=1S/C40H41F3N6O2/c1-2-29-33(42)7-4-25-16-27(44)17-32(34(25)29)30-5-6-31-36(35(30)43)45-38(51-23-39-11-3-13-49(39)20-24(18-39)19-41)46-37(31)48-21-28-8-12-40(22-48,47-28)26-9-14-50-15-10-26/h1,4-7,16-17,19,26,28,47H,3,8-15,18,20-23,44H2/b24-19-/t28-,39-,40+/m0/s1. The minimum absolute atomic E-state index is 0.0442. The van der Waals surface area contributed by atoms with Gasteiger partial charge >= 0.3 is 6.01 Å². The maximum atomic E-state index is 17.2. The predicted molar refractivity (Wildman–Crippen MR) is 192 cm³/mol. The quantitative estimate of drug-likeness (QED) is 0.175. The zero-order valence-corrected chi connectivity index (χ0v) is 28.5. The molecule has 9 rings (SSSR count). The topological polar surface area (TPSA) is 88.8 Å². The number of ether oxygens (including phenoxy) is 2. The van der Waals surface area contributed by atoms with E-state index in [4.69, 9.17) is 31.6 Å². The lowest BCUT2D eigenvalue weighted by molar-refractivity contribution is 0.0308. The summed E-state index contributed by atoms with van der Waals surface area (Å²) in [7, 11) is 0. The van der Waals surface area contributed by atoms with Crippen molar-refractivity contribution < 1.29 is 22.6 Å². The average Bonchev–Trinajstić information content (AvgIpc) is 3.81. The Morgan fingerprint density at radius 1 is 1.10 bits per heavy atom. The fourth-order valence-corrected chi connectivity index (χ4v) is 9.89. The Bertz CT molecular complexity index is 2130. The third-order valence-corrected chi connectivity index (χ3v) is 12.3. The summed E-state index contributed by atoms with van der Waals surface area (Å²) in [4.78, 5) is 14.3. The van der Waals surface area contributed by atoms with Gasteiger partial charge in [-0.05, 0) is 98.2 Å². The molecule has 3 aromatic carbocycles. The van der Waals surface area contributed by atoms with Gasteiger partial charge in [0.25, 0.3) is 0 Å². The number of terminal acetylenes is 1. The molecule has 0 radical (unpaired) electrons. The molecule has 4 aromatic rings. The number of nitrogen functional groups attached to an aromatic ring is 1. The molecular weight excluding hydrogens is 653 g/mol. The monoisotopic (exact) mass is 694 g/mol. The number of hydrogen-bond acceptors (Lipinski definition) is 8. The molecule has 0 aliphatic carbocycles. The van der Waals surface area contributed by atoms with Crippen molar-refractivity contribution in [2.75, 3.05) is 56.6 Å². The number of halogens is 3. The van der Waals surface area contributed by atoms with Crippen LogP contribution in [0.1, 0.15) is 50.5 Å². The number of aromatic nitrogens is 2. The number of nitrogens with two attached hydrogens (primary N) is 1. The largest absolute Gasteiger partial charge is 0.461 e. The Labute approximate surface area is 295 Å². The van der Waals surface area contributed by atoms with E-state index in [0.29, 0.717) is 65.0 Å². The van der Waals surface area contributed by atoms with Crippen molar-refractivity contribution in [2.45, 2.75) is 62.1 Å². The first-order chi connectivity index (χ1) is 24.8. The summed E-state index contributed by atoms with van der Waals surface area (Å²) in [5.74, 6) is 2.38. The van der Waals surface area contributed by atoms with Crippen LogP contribution in [-0.2, 0) is 4.74 Å². The molecule has 8 nitrogen and oxygen atoms in total. The Hall–Kier alpha value is -4.37. The highest BCUT2D eigenvalue weighted by Crippen LogP contribution is 2.45. The van der Waals surface area contributed by atoms with Gasteiger partial charge in [0.05, 0.1) is 17.4 Å². The third kappa shape index (κ3) is 5.33. The highest BCUT2D eigenvalue weighted by molar-refractivity contribution is 6.04. The molecule has 1 aromatic heterocycles. The van der Waals surface area contributed by atoms with E-state index in [1.165, 1.54) is 6.07 Å². The van der Waals surface area contributed by atoms with Crippen LogP contribution in [0.3, 0.4) is 0 Å². The third-order valence-electron chi connectivity index (χ3n) is 12.3. The second-order valence-electron chi connectivity index (χ2n) is 15.2. The molecule has 0 unspecified atom stereocenters. The zero-order valence-electron chi connectivity index (χ0n) is 28.5.